The number of amidine groups is 1. The van der Waals surface area contributed by atoms with Crippen molar-refractivity contribution in [1.29, 1.82) is 0 Å². The molecule has 1 aliphatic rings. The second-order valence-electron chi connectivity index (χ2n) is 7.94. The molecule has 0 saturated heterocycles. The van der Waals surface area contributed by atoms with Crippen molar-refractivity contribution in [2.75, 3.05) is 12.4 Å². The molecule has 1 aliphatic heterocycles. The van der Waals surface area contributed by atoms with Crippen LogP contribution in [0.2, 0.25) is 0 Å². The molecule has 0 saturated carbocycles. The summed E-state index contributed by atoms with van der Waals surface area (Å²) in [5.74, 6) is 2.12. The normalized spacial score (nSPS) is 13.1. The minimum Gasteiger partial charge on any atom is -0.483 e. The average Bonchev–Trinajstić information content (AvgIpc) is 3.48. The Labute approximate surface area is 201 Å². The van der Waals surface area contributed by atoms with E-state index >= 15 is 0 Å². The molecule has 35 heavy (non-hydrogen) atoms. The number of nitrogens with one attached hydrogen (secondary N) is 1. The Bertz CT molecular complexity index is 1440. The molecule has 11 heteroatoms. The van der Waals surface area contributed by atoms with E-state index in [0.717, 1.165) is 34.9 Å². The van der Waals surface area contributed by atoms with Gasteiger partial charge >= 0.3 is 0 Å². The Balaban J connectivity index is 1.42. The van der Waals surface area contributed by atoms with Crippen molar-refractivity contribution in [3.05, 3.63) is 72.2 Å². The molecule has 0 fully saturated rings. The minimum absolute atomic E-state index is 0.125. The van der Waals surface area contributed by atoms with Gasteiger partial charge in [-0.25, -0.2) is 14.4 Å². The molecule has 0 unspecified atom stereocenters. The van der Waals surface area contributed by atoms with E-state index in [4.69, 9.17) is 15.5 Å². The zero-order chi connectivity index (χ0) is 24.4. The highest BCUT2D eigenvalue weighted by atomic mass is 19.1. The lowest BCUT2D eigenvalue weighted by molar-refractivity contribution is 0.273. The number of hydrogen-bond donors (Lipinski definition) is 2. The van der Waals surface area contributed by atoms with Crippen LogP contribution in [0, 0.1) is 12.7 Å². The summed E-state index contributed by atoms with van der Waals surface area (Å²) in [5.41, 5.74) is 9.06. The molecular formula is C24H24FN9O. The first-order valence-corrected chi connectivity index (χ1v) is 11.0. The van der Waals surface area contributed by atoms with Crippen molar-refractivity contribution < 1.29 is 9.13 Å². The number of para-hydroxylation sites is 1. The van der Waals surface area contributed by atoms with Gasteiger partial charge in [0, 0.05) is 38.1 Å². The van der Waals surface area contributed by atoms with Crippen molar-refractivity contribution in [3.8, 4) is 28.5 Å². The lowest BCUT2D eigenvalue weighted by Crippen LogP contribution is -2.18. The van der Waals surface area contributed by atoms with Gasteiger partial charge < -0.3 is 24.9 Å². The zero-order valence-electron chi connectivity index (χ0n) is 19.3. The molecule has 1 aromatic carbocycles. The molecule has 0 amide bonds. The van der Waals surface area contributed by atoms with Gasteiger partial charge in [-0.2, -0.15) is 0 Å². The number of aliphatic imine (C=N–C) groups is 1. The van der Waals surface area contributed by atoms with Crippen molar-refractivity contribution in [1.82, 2.24) is 29.3 Å². The average molecular weight is 474 g/mol. The van der Waals surface area contributed by atoms with Crippen LogP contribution in [-0.4, -0.2) is 42.2 Å². The number of benzene rings is 1. The van der Waals surface area contributed by atoms with Crippen LogP contribution in [0.5, 0.6) is 5.75 Å². The maximum atomic E-state index is 13.9. The van der Waals surface area contributed by atoms with E-state index in [9.17, 15) is 4.39 Å². The van der Waals surface area contributed by atoms with Crippen LogP contribution in [0.4, 0.5) is 10.3 Å². The SMILES string of the molecule is CN=C(C=CN)Nc1ncc(C)c(-c2cc3n(c2)CCn2c(COc4ccccc4F)nnc2-3)n1. The van der Waals surface area contributed by atoms with Crippen molar-refractivity contribution in [3.63, 3.8) is 0 Å². The summed E-state index contributed by atoms with van der Waals surface area (Å²) >= 11 is 0. The summed E-state index contributed by atoms with van der Waals surface area (Å²) in [5, 5.41) is 11.8. The molecule has 0 atom stereocenters. The van der Waals surface area contributed by atoms with Gasteiger partial charge in [0.25, 0.3) is 0 Å². The Kier molecular flexibility index (Phi) is 5.96. The molecule has 0 aliphatic carbocycles. The van der Waals surface area contributed by atoms with E-state index in [-0.39, 0.29) is 12.4 Å². The second-order valence-corrected chi connectivity index (χ2v) is 7.94. The molecule has 0 radical (unpaired) electrons. The highest BCUT2D eigenvalue weighted by Gasteiger charge is 2.24. The number of rotatable bonds is 6. The maximum Gasteiger partial charge on any atom is 0.228 e. The zero-order valence-corrected chi connectivity index (χ0v) is 19.3. The Morgan fingerprint density at radius 3 is 2.94 bits per heavy atom. The molecule has 0 spiro atoms. The molecule has 10 nitrogen and oxygen atoms in total. The van der Waals surface area contributed by atoms with Crippen LogP contribution in [0.3, 0.4) is 0 Å². The molecule has 178 valence electrons. The maximum absolute atomic E-state index is 13.9. The summed E-state index contributed by atoms with van der Waals surface area (Å²) in [6, 6.07) is 8.35. The summed E-state index contributed by atoms with van der Waals surface area (Å²) in [4.78, 5) is 13.2. The summed E-state index contributed by atoms with van der Waals surface area (Å²) in [6.45, 7) is 3.50. The molecule has 0 bridgehead atoms. The van der Waals surface area contributed by atoms with E-state index in [0.29, 0.717) is 24.2 Å². The number of fused-ring (bicyclic) bond motifs is 3. The number of nitrogens with two attached hydrogens (primary N) is 1. The number of aryl methyl sites for hydroxylation is 2. The monoisotopic (exact) mass is 473 g/mol. The molecule has 4 heterocycles. The van der Waals surface area contributed by atoms with E-state index < -0.39 is 5.82 Å². The van der Waals surface area contributed by atoms with Crippen LogP contribution >= 0.6 is 0 Å². The van der Waals surface area contributed by atoms with Crippen LogP contribution in [-0.2, 0) is 19.7 Å². The van der Waals surface area contributed by atoms with Gasteiger partial charge in [0.15, 0.2) is 23.2 Å². The third-order valence-electron chi connectivity index (χ3n) is 5.69. The molecule has 4 aromatic rings. The number of anilines is 1. The lowest BCUT2D eigenvalue weighted by Gasteiger charge is -2.18. The van der Waals surface area contributed by atoms with E-state index in [1.165, 1.54) is 12.3 Å². The number of nitrogens with zero attached hydrogens (tertiary/aromatic N) is 7. The van der Waals surface area contributed by atoms with Gasteiger partial charge in [-0.3, -0.25) is 4.99 Å². The van der Waals surface area contributed by atoms with Crippen molar-refractivity contribution in [2.24, 2.45) is 10.7 Å². The lowest BCUT2D eigenvalue weighted by atomic mass is 10.1. The highest BCUT2D eigenvalue weighted by Crippen LogP contribution is 2.32. The molecule has 3 aromatic heterocycles. The standard InChI is InChI=1S/C24H24FN9O/c1-15-12-28-24(29-20(27-2)7-8-26)30-22(15)16-11-18-23-32-31-21(34(23)10-9-33(18)13-16)14-35-19-6-4-3-5-17(19)25/h3-8,11-13H,9-10,14,26H2,1-2H3,(H,27,28,29,30). The fourth-order valence-corrected chi connectivity index (χ4v) is 3.96. The summed E-state index contributed by atoms with van der Waals surface area (Å²) in [7, 11) is 1.66. The van der Waals surface area contributed by atoms with E-state index in [1.807, 2.05) is 17.6 Å². The van der Waals surface area contributed by atoms with Crippen LogP contribution in [0.1, 0.15) is 11.4 Å². The van der Waals surface area contributed by atoms with Crippen LogP contribution in [0.25, 0.3) is 22.8 Å². The molecular weight excluding hydrogens is 449 g/mol. The first-order valence-electron chi connectivity index (χ1n) is 11.0. The van der Waals surface area contributed by atoms with Gasteiger partial charge in [0.1, 0.15) is 12.4 Å². The smallest absolute Gasteiger partial charge is 0.228 e. The first kappa shape index (κ1) is 22.3. The number of ether oxygens (including phenoxy) is 1. The third-order valence-corrected chi connectivity index (χ3v) is 5.69. The second kappa shape index (κ2) is 9.37. The number of aromatic nitrogens is 6. The topological polar surface area (TPSA) is 121 Å². The van der Waals surface area contributed by atoms with Crippen molar-refractivity contribution in [2.45, 2.75) is 26.6 Å². The number of hydrogen-bond acceptors (Lipinski definition) is 7. The summed E-state index contributed by atoms with van der Waals surface area (Å²) < 4.78 is 23.7. The van der Waals surface area contributed by atoms with Gasteiger partial charge in [-0.1, -0.05) is 12.1 Å². The molecule has 5 rings (SSSR count). The largest absolute Gasteiger partial charge is 0.483 e. The van der Waals surface area contributed by atoms with E-state index in [1.54, 1.807) is 37.5 Å². The Morgan fingerprint density at radius 2 is 2.14 bits per heavy atom. The Morgan fingerprint density at radius 1 is 1.29 bits per heavy atom. The first-order chi connectivity index (χ1) is 17.1. The van der Waals surface area contributed by atoms with Crippen LogP contribution < -0.4 is 15.8 Å². The third kappa shape index (κ3) is 4.35. The number of halogens is 1. The van der Waals surface area contributed by atoms with E-state index in [2.05, 4.69) is 36.3 Å². The molecule has 3 N–H and O–H groups in total. The van der Waals surface area contributed by atoms with Gasteiger partial charge in [0.05, 0.1) is 11.4 Å². The predicted molar refractivity (Wildman–Crippen MR) is 130 cm³/mol. The summed E-state index contributed by atoms with van der Waals surface area (Å²) in [6.07, 6.45) is 6.86. The van der Waals surface area contributed by atoms with Crippen molar-refractivity contribution >= 4 is 11.8 Å². The fraction of sp³-hybridized carbons (Fsp3) is 0.208. The predicted octanol–water partition coefficient (Wildman–Crippen LogP) is 3.16. The van der Waals surface area contributed by atoms with Crippen LogP contribution in [0.15, 0.2) is 60.0 Å². The highest BCUT2D eigenvalue weighted by molar-refractivity contribution is 6.02. The van der Waals surface area contributed by atoms with Gasteiger partial charge in [0.2, 0.25) is 5.95 Å². The minimum atomic E-state index is -0.408. The van der Waals surface area contributed by atoms with Gasteiger partial charge in [-0.15, -0.1) is 10.2 Å². The Hall–Kier alpha value is -4.54. The fourth-order valence-electron chi connectivity index (χ4n) is 3.96. The van der Waals surface area contributed by atoms with Gasteiger partial charge in [-0.05, 0) is 43.0 Å². The quantitative estimate of drug-likeness (QED) is 0.326.